The van der Waals surface area contributed by atoms with Gasteiger partial charge in [-0.05, 0) is 26.0 Å². The van der Waals surface area contributed by atoms with E-state index in [0.717, 1.165) is 26.3 Å². The summed E-state index contributed by atoms with van der Waals surface area (Å²) >= 11 is 11.8. The number of rotatable bonds is 6. The maximum atomic E-state index is 12.1. The molecule has 0 aromatic heterocycles. The first kappa shape index (κ1) is 18.3. The monoisotopic (exact) mass is 360 g/mol. The quantitative estimate of drug-likeness (QED) is 0.846. The van der Waals surface area contributed by atoms with Gasteiger partial charge in [0.15, 0.2) is 6.10 Å². The van der Waals surface area contributed by atoms with Gasteiger partial charge in [0.1, 0.15) is 5.75 Å². The summed E-state index contributed by atoms with van der Waals surface area (Å²) in [5, 5.41) is 3.78. The van der Waals surface area contributed by atoms with E-state index in [4.69, 9.17) is 32.7 Å². The van der Waals surface area contributed by atoms with Crippen molar-refractivity contribution in [3.8, 4) is 5.75 Å². The van der Waals surface area contributed by atoms with Crippen molar-refractivity contribution in [1.82, 2.24) is 10.2 Å². The van der Waals surface area contributed by atoms with Crippen LogP contribution in [0.3, 0.4) is 0 Å². The molecule has 1 aromatic carbocycles. The van der Waals surface area contributed by atoms with Crippen LogP contribution >= 0.6 is 23.2 Å². The van der Waals surface area contributed by atoms with Crippen LogP contribution in [0.5, 0.6) is 5.75 Å². The first-order valence-electron chi connectivity index (χ1n) is 7.68. The second-order valence-corrected chi connectivity index (χ2v) is 6.39. The number of carbonyl (C=O) groups excluding carboxylic acids is 1. The van der Waals surface area contributed by atoms with E-state index in [9.17, 15) is 4.79 Å². The predicted octanol–water partition coefficient (Wildman–Crippen LogP) is 2.60. The zero-order valence-electron chi connectivity index (χ0n) is 13.4. The van der Waals surface area contributed by atoms with E-state index in [-0.39, 0.29) is 11.9 Å². The molecule has 1 saturated heterocycles. The maximum Gasteiger partial charge on any atom is 0.260 e. The van der Waals surface area contributed by atoms with Crippen molar-refractivity contribution in [2.45, 2.75) is 26.0 Å². The highest BCUT2D eigenvalue weighted by atomic mass is 35.5. The number of ether oxygens (including phenoxy) is 2. The van der Waals surface area contributed by atoms with Crippen molar-refractivity contribution in [2.24, 2.45) is 0 Å². The lowest BCUT2D eigenvalue weighted by molar-refractivity contribution is -0.127. The van der Waals surface area contributed by atoms with Crippen LogP contribution in [-0.4, -0.2) is 55.8 Å². The molecule has 5 nitrogen and oxygen atoms in total. The maximum absolute atomic E-state index is 12.1. The zero-order valence-corrected chi connectivity index (χ0v) is 14.9. The van der Waals surface area contributed by atoms with Gasteiger partial charge in [-0.3, -0.25) is 9.69 Å². The fourth-order valence-corrected chi connectivity index (χ4v) is 2.64. The molecule has 1 fully saturated rings. The average Bonchev–Trinajstić information content (AvgIpc) is 2.56. The number of halogens is 2. The molecule has 1 heterocycles. The van der Waals surface area contributed by atoms with Crippen molar-refractivity contribution in [3.05, 3.63) is 28.2 Å². The number of amides is 1. The molecule has 1 aliphatic rings. The van der Waals surface area contributed by atoms with Gasteiger partial charge in [-0.2, -0.15) is 0 Å². The van der Waals surface area contributed by atoms with Gasteiger partial charge in [-0.25, -0.2) is 0 Å². The summed E-state index contributed by atoms with van der Waals surface area (Å²) in [5.74, 6) is 0.361. The van der Waals surface area contributed by atoms with Crippen LogP contribution in [0, 0.1) is 0 Å². The Kier molecular flexibility index (Phi) is 6.96. The third-order valence-corrected chi connectivity index (χ3v) is 4.55. The summed E-state index contributed by atoms with van der Waals surface area (Å²) < 4.78 is 10.9. The summed E-state index contributed by atoms with van der Waals surface area (Å²) in [6.07, 6.45) is -0.607. The van der Waals surface area contributed by atoms with Crippen LogP contribution < -0.4 is 10.1 Å². The van der Waals surface area contributed by atoms with Crippen molar-refractivity contribution in [2.75, 3.05) is 32.8 Å². The Bertz CT molecular complexity index is 536. The molecule has 128 valence electrons. The van der Waals surface area contributed by atoms with Gasteiger partial charge < -0.3 is 14.8 Å². The summed E-state index contributed by atoms with van der Waals surface area (Å²) in [6, 6.07) is 5.20. The molecule has 2 atom stereocenters. The van der Waals surface area contributed by atoms with Gasteiger partial charge in [0, 0.05) is 31.7 Å². The number of benzene rings is 1. The van der Waals surface area contributed by atoms with Crippen LogP contribution in [0.15, 0.2) is 18.2 Å². The fraction of sp³-hybridized carbons (Fsp3) is 0.562. The van der Waals surface area contributed by atoms with Gasteiger partial charge in [-0.15, -0.1) is 0 Å². The number of nitrogens with one attached hydrogen (secondary N) is 1. The van der Waals surface area contributed by atoms with E-state index >= 15 is 0 Å². The normalized spacial score (nSPS) is 18.3. The van der Waals surface area contributed by atoms with Crippen molar-refractivity contribution < 1.29 is 14.3 Å². The number of morpholine rings is 1. The van der Waals surface area contributed by atoms with Crippen molar-refractivity contribution >= 4 is 29.1 Å². The molecule has 7 heteroatoms. The molecule has 2 unspecified atom stereocenters. The lowest BCUT2D eigenvalue weighted by Gasteiger charge is -2.32. The Morgan fingerprint density at radius 1 is 1.30 bits per heavy atom. The van der Waals surface area contributed by atoms with Crippen LogP contribution in [0.2, 0.25) is 10.0 Å². The minimum Gasteiger partial charge on any atom is -0.481 e. The van der Waals surface area contributed by atoms with E-state index in [2.05, 4.69) is 17.1 Å². The molecule has 1 N–H and O–H groups in total. The third-order valence-electron chi connectivity index (χ3n) is 3.81. The second-order valence-electron chi connectivity index (χ2n) is 5.58. The molecule has 23 heavy (non-hydrogen) atoms. The van der Waals surface area contributed by atoms with E-state index in [1.165, 1.54) is 0 Å². The van der Waals surface area contributed by atoms with E-state index in [0.29, 0.717) is 22.3 Å². The Morgan fingerprint density at radius 2 is 2.00 bits per heavy atom. The van der Waals surface area contributed by atoms with Gasteiger partial charge in [0.05, 0.1) is 23.3 Å². The molecule has 1 aliphatic heterocycles. The molecule has 2 rings (SSSR count). The SMILES string of the molecule is CC(Oc1ccc(Cl)c(Cl)c1)C(=O)NCC(C)N1CCOCC1. The Hall–Kier alpha value is -1.01. The van der Waals surface area contributed by atoms with E-state index < -0.39 is 6.10 Å². The third kappa shape index (κ3) is 5.53. The highest BCUT2D eigenvalue weighted by molar-refractivity contribution is 6.42. The molecule has 0 aliphatic carbocycles. The minimum atomic E-state index is -0.607. The number of carbonyl (C=O) groups is 1. The van der Waals surface area contributed by atoms with Gasteiger partial charge in [0.2, 0.25) is 0 Å². The number of nitrogens with zero attached hydrogens (tertiary/aromatic N) is 1. The Morgan fingerprint density at radius 3 is 2.65 bits per heavy atom. The van der Waals surface area contributed by atoms with Crippen LogP contribution in [0.25, 0.3) is 0 Å². The molecule has 0 spiro atoms. The Balaban J connectivity index is 1.78. The summed E-state index contributed by atoms with van der Waals surface area (Å²) in [5.41, 5.74) is 0. The van der Waals surface area contributed by atoms with Crippen molar-refractivity contribution in [3.63, 3.8) is 0 Å². The highest BCUT2D eigenvalue weighted by Gasteiger charge is 2.20. The lowest BCUT2D eigenvalue weighted by atomic mass is 10.2. The second kappa shape index (κ2) is 8.73. The molecule has 1 amide bonds. The fourth-order valence-electron chi connectivity index (χ4n) is 2.35. The van der Waals surface area contributed by atoms with Gasteiger partial charge in [-0.1, -0.05) is 23.2 Å². The standard InChI is InChI=1S/C16H22Cl2N2O3/c1-11(20-5-7-22-8-6-20)10-19-16(21)12(2)23-13-3-4-14(17)15(18)9-13/h3-4,9,11-12H,5-8,10H2,1-2H3,(H,19,21). The van der Waals surface area contributed by atoms with Gasteiger partial charge >= 0.3 is 0 Å². The molecule has 0 saturated carbocycles. The van der Waals surface area contributed by atoms with Crippen LogP contribution in [0.1, 0.15) is 13.8 Å². The van der Waals surface area contributed by atoms with E-state index in [1.807, 2.05) is 0 Å². The summed E-state index contributed by atoms with van der Waals surface area (Å²) in [6.45, 7) is 7.66. The first-order chi connectivity index (χ1) is 11.0. The van der Waals surface area contributed by atoms with Crippen LogP contribution in [0.4, 0.5) is 0 Å². The van der Waals surface area contributed by atoms with Crippen molar-refractivity contribution in [1.29, 1.82) is 0 Å². The van der Waals surface area contributed by atoms with Crippen LogP contribution in [-0.2, 0) is 9.53 Å². The molecular formula is C16H22Cl2N2O3. The first-order valence-corrected chi connectivity index (χ1v) is 8.44. The lowest BCUT2D eigenvalue weighted by Crippen LogP contribution is -2.48. The van der Waals surface area contributed by atoms with E-state index in [1.54, 1.807) is 25.1 Å². The topological polar surface area (TPSA) is 50.8 Å². The van der Waals surface area contributed by atoms with Gasteiger partial charge in [0.25, 0.3) is 5.91 Å². The summed E-state index contributed by atoms with van der Waals surface area (Å²) in [7, 11) is 0. The smallest absolute Gasteiger partial charge is 0.260 e. The molecular weight excluding hydrogens is 339 g/mol. The summed E-state index contributed by atoms with van der Waals surface area (Å²) in [4.78, 5) is 14.4. The zero-order chi connectivity index (χ0) is 16.8. The number of hydrogen-bond donors (Lipinski definition) is 1. The Labute approximate surface area is 146 Å². The molecule has 0 bridgehead atoms. The average molecular weight is 361 g/mol. The number of hydrogen-bond acceptors (Lipinski definition) is 4. The molecule has 0 radical (unpaired) electrons. The minimum absolute atomic E-state index is 0.156. The predicted molar refractivity (Wildman–Crippen MR) is 91.4 cm³/mol. The highest BCUT2D eigenvalue weighted by Crippen LogP contribution is 2.26. The largest absolute Gasteiger partial charge is 0.481 e. The molecule has 1 aromatic rings.